The second-order valence-electron chi connectivity index (χ2n) is 9.93. The number of rotatable bonds is 13. The molecule has 0 amide bonds. The van der Waals surface area contributed by atoms with Crippen LogP contribution in [0.5, 0.6) is 17.2 Å². The number of aliphatic hydroxyl groups excluding tert-OH is 1. The van der Waals surface area contributed by atoms with Crippen LogP contribution in [0.1, 0.15) is 70.6 Å². The number of benzene rings is 2. The Hall–Kier alpha value is -2.77. The number of aromatic hydroxyl groups is 1. The first-order valence-electron chi connectivity index (χ1n) is 13.2. The Balaban J connectivity index is 2.38. The molecule has 0 aliphatic heterocycles. The maximum Gasteiger partial charge on any atom is 0.204 e. The van der Waals surface area contributed by atoms with Crippen molar-refractivity contribution in [2.24, 2.45) is 0 Å². The van der Waals surface area contributed by atoms with Gasteiger partial charge in [0, 0.05) is 28.6 Å². The Bertz CT molecular complexity index is 1390. The van der Waals surface area contributed by atoms with E-state index in [0.717, 1.165) is 35.7 Å². The molecule has 0 spiro atoms. The largest absolute Gasteiger partial charge is 0.507 e. The second-order valence-corrected chi connectivity index (χ2v) is 10.7. The fourth-order valence-corrected chi connectivity index (χ4v) is 4.52. The number of ether oxygens (including phenoxy) is 2. The number of halogens is 1. The molecule has 38 heavy (non-hydrogen) atoms. The SMILES string of the molecule is CCCCOc1cc2oc3cc(OCCCBr)c(CO)c(CC=C(C)C)c3c(=O)c2c(O)c1CC=C(C)C. The van der Waals surface area contributed by atoms with E-state index in [1.807, 2.05) is 39.8 Å². The molecule has 206 valence electrons. The van der Waals surface area contributed by atoms with E-state index >= 15 is 0 Å². The Kier molecular flexibility index (Phi) is 10.9. The molecular formula is C31H39BrO6. The standard InChI is InChI=1S/C31H39BrO6/c1-6-7-14-36-24-16-27-29(30(34)22(24)12-10-20(4)5)31(35)28-21(11-9-19(2)3)23(18-33)25(17-26(28)38-27)37-15-8-13-32/h9-10,16-17,33-34H,6-8,11-15,18H2,1-5H3. The van der Waals surface area contributed by atoms with Crippen LogP contribution in [-0.2, 0) is 19.4 Å². The topological polar surface area (TPSA) is 89.1 Å². The number of allylic oxidation sites excluding steroid dienone is 4. The predicted octanol–water partition coefficient (Wildman–Crippen LogP) is 7.50. The zero-order valence-electron chi connectivity index (χ0n) is 23.1. The van der Waals surface area contributed by atoms with E-state index in [4.69, 9.17) is 13.9 Å². The second kappa shape index (κ2) is 13.9. The molecule has 0 aliphatic rings. The molecule has 2 N–H and O–H groups in total. The summed E-state index contributed by atoms with van der Waals surface area (Å²) in [7, 11) is 0. The van der Waals surface area contributed by atoms with Crippen molar-refractivity contribution < 1.29 is 24.1 Å². The lowest BCUT2D eigenvalue weighted by Crippen LogP contribution is -2.11. The van der Waals surface area contributed by atoms with Crippen molar-refractivity contribution in [1.29, 1.82) is 0 Å². The highest BCUT2D eigenvalue weighted by atomic mass is 79.9. The van der Waals surface area contributed by atoms with Crippen molar-refractivity contribution in [1.82, 2.24) is 0 Å². The third kappa shape index (κ3) is 6.80. The third-order valence-corrected chi connectivity index (χ3v) is 6.91. The average molecular weight is 588 g/mol. The summed E-state index contributed by atoms with van der Waals surface area (Å²) in [6, 6.07) is 3.38. The van der Waals surface area contributed by atoms with Gasteiger partial charge >= 0.3 is 0 Å². The van der Waals surface area contributed by atoms with Crippen molar-refractivity contribution in [2.45, 2.75) is 73.3 Å². The van der Waals surface area contributed by atoms with Gasteiger partial charge in [-0.3, -0.25) is 4.79 Å². The first-order valence-corrected chi connectivity index (χ1v) is 14.3. The summed E-state index contributed by atoms with van der Waals surface area (Å²) in [6.45, 7) is 10.7. The Morgan fingerprint density at radius 2 is 1.45 bits per heavy atom. The van der Waals surface area contributed by atoms with Gasteiger partial charge in [-0.25, -0.2) is 0 Å². The summed E-state index contributed by atoms with van der Waals surface area (Å²) in [5.74, 6) is 0.872. The molecule has 0 atom stereocenters. The van der Waals surface area contributed by atoms with Crippen molar-refractivity contribution >= 4 is 37.9 Å². The minimum atomic E-state index is -0.337. The summed E-state index contributed by atoms with van der Waals surface area (Å²) in [6.07, 6.45) is 7.48. The Morgan fingerprint density at radius 3 is 2.00 bits per heavy atom. The normalized spacial score (nSPS) is 11.1. The van der Waals surface area contributed by atoms with E-state index in [1.165, 1.54) is 0 Å². The first kappa shape index (κ1) is 29.8. The van der Waals surface area contributed by atoms with Crippen molar-refractivity contribution in [3.05, 3.63) is 62.3 Å². The van der Waals surface area contributed by atoms with Crippen LogP contribution in [0.3, 0.4) is 0 Å². The molecule has 0 saturated heterocycles. The molecule has 3 aromatic rings. The first-order chi connectivity index (χ1) is 18.2. The molecular weight excluding hydrogens is 548 g/mol. The molecule has 3 rings (SSSR count). The summed E-state index contributed by atoms with van der Waals surface area (Å²) < 4.78 is 18.3. The highest BCUT2D eigenvalue weighted by Gasteiger charge is 2.23. The van der Waals surface area contributed by atoms with Crippen molar-refractivity contribution in [3.8, 4) is 17.2 Å². The van der Waals surface area contributed by atoms with E-state index in [2.05, 4.69) is 22.9 Å². The zero-order valence-corrected chi connectivity index (χ0v) is 24.7. The molecule has 0 aliphatic carbocycles. The van der Waals surface area contributed by atoms with Gasteiger partial charge in [-0.05, 0) is 58.9 Å². The van der Waals surface area contributed by atoms with Gasteiger partial charge < -0.3 is 24.1 Å². The lowest BCUT2D eigenvalue weighted by Gasteiger charge is -2.18. The van der Waals surface area contributed by atoms with Crippen LogP contribution in [0.25, 0.3) is 21.9 Å². The van der Waals surface area contributed by atoms with Gasteiger partial charge in [0.05, 0.1) is 25.2 Å². The van der Waals surface area contributed by atoms with E-state index in [9.17, 15) is 15.0 Å². The van der Waals surface area contributed by atoms with Crippen molar-refractivity contribution in [3.63, 3.8) is 0 Å². The molecule has 2 aromatic carbocycles. The molecule has 7 heteroatoms. The molecule has 6 nitrogen and oxygen atoms in total. The molecule has 0 fully saturated rings. The van der Waals surface area contributed by atoms with E-state index in [1.54, 1.807) is 12.1 Å². The number of aliphatic hydroxyl groups is 1. The van der Waals surface area contributed by atoms with Gasteiger partial charge in [-0.2, -0.15) is 0 Å². The van der Waals surface area contributed by atoms with Crippen LogP contribution >= 0.6 is 15.9 Å². The lowest BCUT2D eigenvalue weighted by atomic mass is 9.95. The molecule has 0 unspecified atom stereocenters. The van der Waals surface area contributed by atoms with E-state index < -0.39 is 0 Å². The number of unbranched alkanes of at least 4 members (excludes halogenated alkanes) is 1. The Labute approximate surface area is 233 Å². The van der Waals surface area contributed by atoms with Crippen molar-refractivity contribution in [2.75, 3.05) is 18.5 Å². The fourth-order valence-electron chi connectivity index (χ4n) is 4.29. The number of phenols is 1. The maximum atomic E-state index is 14.1. The number of fused-ring (bicyclic) bond motifs is 2. The average Bonchev–Trinajstić information content (AvgIpc) is 2.86. The fraction of sp³-hybridized carbons (Fsp3) is 0.452. The smallest absolute Gasteiger partial charge is 0.204 e. The lowest BCUT2D eigenvalue weighted by molar-refractivity contribution is 0.262. The van der Waals surface area contributed by atoms with Gasteiger partial charge in [-0.15, -0.1) is 0 Å². The van der Waals surface area contributed by atoms with Crippen LogP contribution in [0.4, 0.5) is 0 Å². The summed E-state index contributed by atoms with van der Waals surface area (Å²) >= 11 is 3.41. The van der Waals surface area contributed by atoms with Gasteiger partial charge in [0.2, 0.25) is 5.43 Å². The number of hydrogen-bond acceptors (Lipinski definition) is 6. The molecule has 1 heterocycles. The van der Waals surface area contributed by atoms with Crippen LogP contribution in [0.2, 0.25) is 0 Å². The molecule has 1 aromatic heterocycles. The number of phenolic OH excluding ortho intramolecular Hbond substituents is 1. The third-order valence-electron chi connectivity index (χ3n) is 6.35. The zero-order chi connectivity index (χ0) is 27.8. The number of hydrogen-bond donors (Lipinski definition) is 2. The van der Waals surface area contributed by atoms with Gasteiger partial charge in [0.25, 0.3) is 0 Å². The van der Waals surface area contributed by atoms with Crippen LogP contribution < -0.4 is 14.9 Å². The highest BCUT2D eigenvalue weighted by Crippen LogP contribution is 2.39. The van der Waals surface area contributed by atoms with Crippen LogP contribution in [-0.4, -0.2) is 28.8 Å². The minimum Gasteiger partial charge on any atom is -0.507 e. The van der Waals surface area contributed by atoms with Gasteiger partial charge in [0.1, 0.15) is 33.8 Å². The monoisotopic (exact) mass is 586 g/mol. The minimum absolute atomic E-state index is 0.118. The molecule has 0 radical (unpaired) electrons. The summed E-state index contributed by atoms with van der Waals surface area (Å²) in [4.78, 5) is 14.1. The molecule has 0 bridgehead atoms. The molecule has 0 saturated carbocycles. The Morgan fingerprint density at radius 1 is 0.895 bits per heavy atom. The quantitative estimate of drug-likeness (QED) is 0.0932. The van der Waals surface area contributed by atoms with Crippen LogP contribution in [0.15, 0.2) is 44.6 Å². The summed E-state index contributed by atoms with van der Waals surface area (Å²) in [5.41, 5.74) is 4.20. The van der Waals surface area contributed by atoms with E-state index in [-0.39, 0.29) is 28.8 Å². The van der Waals surface area contributed by atoms with Crippen LogP contribution in [0, 0.1) is 0 Å². The maximum absolute atomic E-state index is 14.1. The number of alkyl halides is 1. The summed E-state index contributed by atoms with van der Waals surface area (Å²) in [5, 5.41) is 23.0. The predicted molar refractivity (Wildman–Crippen MR) is 158 cm³/mol. The van der Waals surface area contributed by atoms with E-state index in [0.29, 0.717) is 65.2 Å². The van der Waals surface area contributed by atoms with Gasteiger partial charge in [0.15, 0.2) is 0 Å². The van der Waals surface area contributed by atoms with Gasteiger partial charge in [-0.1, -0.05) is 52.6 Å². The highest BCUT2D eigenvalue weighted by molar-refractivity contribution is 9.09.